The lowest BCUT2D eigenvalue weighted by atomic mass is 9.86. The molecule has 4 rings (SSSR count). The number of nitrogen functional groups attached to an aromatic ring is 1. The molecule has 0 saturated carbocycles. The quantitative estimate of drug-likeness (QED) is 0.747. The Balaban J connectivity index is 1.58. The molecule has 8 heteroatoms. The molecule has 130 valence electrons. The van der Waals surface area contributed by atoms with Crippen molar-refractivity contribution in [2.24, 2.45) is 0 Å². The Morgan fingerprint density at radius 2 is 2.17 bits per heavy atom. The monoisotopic (exact) mass is 333 g/mol. The first kappa shape index (κ1) is 15.6. The maximum absolute atomic E-state index is 11.8. The van der Waals surface area contributed by atoms with Crippen LogP contribution in [-0.2, 0) is 9.47 Å². The second kappa shape index (κ2) is 5.86. The Bertz CT molecular complexity index is 641. The van der Waals surface area contributed by atoms with Crippen LogP contribution in [0.3, 0.4) is 0 Å². The number of hydrogen-bond donors (Lipinski definition) is 2. The highest BCUT2D eigenvalue weighted by atomic mass is 16.5. The van der Waals surface area contributed by atoms with E-state index < -0.39 is 5.97 Å². The summed E-state index contributed by atoms with van der Waals surface area (Å²) < 4.78 is 11.0. The topological polar surface area (TPSA) is 103 Å². The van der Waals surface area contributed by atoms with E-state index in [4.69, 9.17) is 15.2 Å². The number of ether oxygens (including phenoxy) is 2. The Labute approximate surface area is 140 Å². The summed E-state index contributed by atoms with van der Waals surface area (Å²) in [5, 5.41) is 3.65. The molecule has 0 aliphatic carbocycles. The lowest BCUT2D eigenvalue weighted by Gasteiger charge is -2.47. The summed E-state index contributed by atoms with van der Waals surface area (Å²) in [4.78, 5) is 22.5. The Morgan fingerprint density at radius 1 is 1.42 bits per heavy atom. The van der Waals surface area contributed by atoms with Crippen molar-refractivity contribution in [3.8, 4) is 0 Å². The highest BCUT2D eigenvalue weighted by Crippen LogP contribution is 2.39. The first-order valence-electron chi connectivity index (χ1n) is 8.45. The SMILES string of the molecule is COC(=O)c1cc(N)nc(N2CCOC3(C[C@H]4CC[C@@H](C3)N4)C2)n1. The van der Waals surface area contributed by atoms with Gasteiger partial charge in [-0.1, -0.05) is 0 Å². The highest BCUT2D eigenvalue weighted by molar-refractivity contribution is 5.88. The number of nitrogens with zero attached hydrogens (tertiary/aromatic N) is 3. The van der Waals surface area contributed by atoms with Crippen LogP contribution in [0, 0.1) is 0 Å². The van der Waals surface area contributed by atoms with Crippen LogP contribution in [-0.4, -0.2) is 60.4 Å². The number of carbonyl (C=O) groups excluding carboxylic acids is 1. The van der Waals surface area contributed by atoms with Crippen LogP contribution < -0.4 is 16.0 Å². The van der Waals surface area contributed by atoms with E-state index in [-0.39, 0.29) is 17.1 Å². The van der Waals surface area contributed by atoms with Gasteiger partial charge in [0, 0.05) is 24.7 Å². The number of methoxy groups -OCH3 is 1. The summed E-state index contributed by atoms with van der Waals surface area (Å²) in [7, 11) is 1.33. The minimum absolute atomic E-state index is 0.158. The number of fused-ring (bicyclic) bond motifs is 2. The molecular formula is C16H23N5O3. The summed E-state index contributed by atoms with van der Waals surface area (Å²) in [5.41, 5.74) is 5.88. The van der Waals surface area contributed by atoms with E-state index in [0.29, 0.717) is 31.2 Å². The number of piperidine rings is 1. The molecule has 3 fully saturated rings. The fourth-order valence-corrected chi connectivity index (χ4v) is 4.27. The smallest absolute Gasteiger partial charge is 0.356 e. The Kier molecular flexibility index (Phi) is 3.80. The van der Waals surface area contributed by atoms with E-state index in [2.05, 4.69) is 20.2 Å². The zero-order chi connectivity index (χ0) is 16.7. The second-order valence-electron chi connectivity index (χ2n) is 6.97. The molecule has 3 aliphatic heterocycles. The van der Waals surface area contributed by atoms with Crippen molar-refractivity contribution in [3.63, 3.8) is 0 Å². The zero-order valence-electron chi connectivity index (χ0n) is 13.8. The molecule has 3 atom stereocenters. The van der Waals surface area contributed by atoms with Gasteiger partial charge in [0.1, 0.15) is 5.82 Å². The third kappa shape index (κ3) is 2.80. The van der Waals surface area contributed by atoms with Crippen molar-refractivity contribution in [2.75, 3.05) is 37.4 Å². The van der Waals surface area contributed by atoms with E-state index in [1.54, 1.807) is 0 Å². The number of nitrogens with one attached hydrogen (secondary N) is 1. The normalized spacial score (nSPS) is 32.1. The molecule has 24 heavy (non-hydrogen) atoms. The van der Waals surface area contributed by atoms with Gasteiger partial charge in [-0.15, -0.1) is 0 Å². The van der Waals surface area contributed by atoms with Gasteiger partial charge in [0.15, 0.2) is 5.69 Å². The molecule has 0 amide bonds. The average Bonchev–Trinajstić information content (AvgIpc) is 2.93. The molecular weight excluding hydrogens is 310 g/mol. The molecule has 4 heterocycles. The molecule has 3 aliphatic rings. The van der Waals surface area contributed by atoms with Crippen LogP contribution in [0.5, 0.6) is 0 Å². The molecule has 0 aromatic carbocycles. The van der Waals surface area contributed by atoms with Crippen molar-refractivity contribution < 1.29 is 14.3 Å². The van der Waals surface area contributed by atoms with E-state index in [1.165, 1.54) is 26.0 Å². The average molecular weight is 333 g/mol. The van der Waals surface area contributed by atoms with Gasteiger partial charge in [0.05, 0.1) is 25.9 Å². The molecule has 1 aromatic rings. The van der Waals surface area contributed by atoms with Gasteiger partial charge in [0.2, 0.25) is 5.95 Å². The van der Waals surface area contributed by atoms with Crippen molar-refractivity contribution in [2.45, 2.75) is 43.4 Å². The molecule has 8 nitrogen and oxygen atoms in total. The minimum atomic E-state index is -0.506. The summed E-state index contributed by atoms with van der Waals surface area (Å²) >= 11 is 0. The number of anilines is 2. The Morgan fingerprint density at radius 3 is 2.88 bits per heavy atom. The molecule has 1 aromatic heterocycles. The van der Waals surface area contributed by atoms with Gasteiger partial charge >= 0.3 is 5.97 Å². The summed E-state index contributed by atoms with van der Waals surface area (Å²) in [6, 6.07) is 2.52. The van der Waals surface area contributed by atoms with Crippen molar-refractivity contribution in [1.29, 1.82) is 0 Å². The second-order valence-corrected chi connectivity index (χ2v) is 6.97. The standard InChI is InChI=1S/C16H23N5O3/c1-23-14(22)12-6-13(17)20-15(19-12)21-4-5-24-16(9-21)7-10-2-3-11(8-16)18-10/h6,10-11,18H,2-5,7-9H2,1H3,(H2,17,19,20)/t10-,11+,16?. The number of nitrogens with two attached hydrogens (primary N) is 1. The van der Waals surface area contributed by atoms with Gasteiger partial charge in [-0.3, -0.25) is 0 Å². The van der Waals surface area contributed by atoms with Crippen molar-refractivity contribution in [1.82, 2.24) is 15.3 Å². The van der Waals surface area contributed by atoms with E-state index in [1.807, 2.05) is 0 Å². The number of morpholine rings is 1. The predicted octanol–water partition coefficient (Wildman–Crippen LogP) is 0.335. The van der Waals surface area contributed by atoms with Crippen molar-refractivity contribution in [3.05, 3.63) is 11.8 Å². The van der Waals surface area contributed by atoms with Gasteiger partial charge < -0.3 is 25.4 Å². The number of esters is 1. The number of hydrogen-bond acceptors (Lipinski definition) is 8. The lowest BCUT2D eigenvalue weighted by Crippen LogP contribution is -2.59. The van der Waals surface area contributed by atoms with Crippen LogP contribution in [0.4, 0.5) is 11.8 Å². The lowest BCUT2D eigenvalue weighted by molar-refractivity contribution is -0.0847. The zero-order valence-corrected chi connectivity index (χ0v) is 13.8. The van der Waals surface area contributed by atoms with Crippen molar-refractivity contribution >= 4 is 17.7 Å². The summed E-state index contributed by atoms with van der Waals surface area (Å²) in [5.74, 6) is 0.239. The highest BCUT2D eigenvalue weighted by Gasteiger charge is 2.47. The first-order chi connectivity index (χ1) is 11.6. The van der Waals surface area contributed by atoms with Crippen LogP contribution in [0.1, 0.15) is 36.2 Å². The number of carbonyl (C=O) groups is 1. The number of aromatic nitrogens is 2. The summed E-state index contributed by atoms with van der Waals surface area (Å²) in [6.45, 7) is 2.05. The van der Waals surface area contributed by atoms with Crippen LogP contribution in [0.2, 0.25) is 0 Å². The summed E-state index contributed by atoms with van der Waals surface area (Å²) in [6.07, 6.45) is 4.45. The molecule has 0 radical (unpaired) electrons. The first-order valence-corrected chi connectivity index (χ1v) is 8.45. The largest absolute Gasteiger partial charge is 0.464 e. The van der Waals surface area contributed by atoms with E-state index >= 15 is 0 Å². The van der Waals surface area contributed by atoms with E-state index in [0.717, 1.165) is 19.4 Å². The van der Waals surface area contributed by atoms with Crippen LogP contribution in [0.25, 0.3) is 0 Å². The van der Waals surface area contributed by atoms with Gasteiger partial charge in [-0.05, 0) is 25.7 Å². The van der Waals surface area contributed by atoms with E-state index in [9.17, 15) is 4.79 Å². The fraction of sp³-hybridized carbons (Fsp3) is 0.688. The third-order valence-electron chi connectivity index (χ3n) is 5.23. The molecule has 1 spiro atoms. The maximum Gasteiger partial charge on any atom is 0.356 e. The maximum atomic E-state index is 11.8. The van der Waals surface area contributed by atoms with Gasteiger partial charge in [-0.2, -0.15) is 4.98 Å². The molecule has 3 saturated heterocycles. The third-order valence-corrected chi connectivity index (χ3v) is 5.23. The number of rotatable bonds is 2. The molecule has 3 N–H and O–H groups in total. The Hall–Kier alpha value is -1.93. The van der Waals surface area contributed by atoms with Gasteiger partial charge in [-0.25, -0.2) is 9.78 Å². The molecule has 2 bridgehead atoms. The minimum Gasteiger partial charge on any atom is -0.464 e. The molecule has 1 unspecified atom stereocenters. The van der Waals surface area contributed by atoms with Crippen LogP contribution >= 0.6 is 0 Å². The van der Waals surface area contributed by atoms with Gasteiger partial charge in [0.25, 0.3) is 0 Å². The van der Waals surface area contributed by atoms with Crippen LogP contribution in [0.15, 0.2) is 6.07 Å². The predicted molar refractivity (Wildman–Crippen MR) is 87.9 cm³/mol. The fourth-order valence-electron chi connectivity index (χ4n) is 4.27.